The van der Waals surface area contributed by atoms with Crippen LogP contribution in [0.15, 0.2) is 25.3 Å². The molecule has 14 nitrogen and oxygen atoms in total. The molecular weight excluding hydrogens is 748 g/mol. The number of nitrogens with one attached hydrogen (secondary N) is 2. The van der Waals surface area contributed by atoms with E-state index >= 15 is 0 Å². The summed E-state index contributed by atoms with van der Waals surface area (Å²) in [5.41, 5.74) is -3.66. The molecule has 8 aliphatic rings. The molecule has 2 amide bonds. The maximum atomic E-state index is 13.5. The highest BCUT2D eigenvalue weighted by Gasteiger charge is 2.71. The van der Waals surface area contributed by atoms with Gasteiger partial charge in [0.25, 0.3) is 0 Å². The Balaban J connectivity index is 0.902. The van der Waals surface area contributed by atoms with Crippen molar-refractivity contribution in [1.29, 1.82) is 0 Å². The average molecular weight is 813 g/mol. The summed E-state index contributed by atoms with van der Waals surface area (Å²) in [6, 6.07) is 0. The Morgan fingerprint density at radius 3 is 1.12 bits per heavy atom. The van der Waals surface area contributed by atoms with Gasteiger partial charge in [0, 0.05) is 38.1 Å². The van der Waals surface area contributed by atoms with Gasteiger partial charge in [-0.05, 0) is 98.7 Å². The Labute approximate surface area is 342 Å². The van der Waals surface area contributed by atoms with Crippen molar-refractivity contribution >= 4 is 36.1 Å². The van der Waals surface area contributed by atoms with Gasteiger partial charge < -0.3 is 39.1 Å². The van der Waals surface area contributed by atoms with Crippen LogP contribution in [0.4, 0.5) is 9.59 Å². The van der Waals surface area contributed by atoms with Crippen molar-refractivity contribution in [2.75, 3.05) is 39.5 Å². The summed E-state index contributed by atoms with van der Waals surface area (Å²) in [6.07, 6.45) is 12.6. The van der Waals surface area contributed by atoms with Crippen molar-refractivity contribution in [3.63, 3.8) is 0 Å². The number of alkyl carbamates (subject to hydrolysis) is 2. The lowest BCUT2D eigenvalue weighted by Crippen LogP contribution is -2.66. The first-order chi connectivity index (χ1) is 27.2. The Morgan fingerprint density at radius 2 is 0.793 bits per heavy atom. The summed E-state index contributed by atoms with van der Waals surface area (Å²) in [7, 11) is 0. The van der Waals surface area contributed by atoms with E-state index in [-0.39, 0.29) is 60.0 Å². The lowest BCUT2D eigenvalue weighted by atomic mass is 9.39. The predicted octanol–water partition coefficient (Wildman–Crippen LogP) is 6.78. The molecule has 0 aromatic heterocycles. The summed E-state index contributed by atoms with van der Waals surface area (Å²) in [5.74, 6) is -1.78. The molecule has 0 aromatic carbocycles. The van der Waals surface area contributed by atoms with Crippen molar-refractivity contribution < 1.29 is 57.2 Å². The molecule has 4 atom stereocenters. The monoisotopic (exact) mass is 812 g/mol. The summed E-state index contributed by atoms with van der Waals surface area (Å²) < 4.78 is 33.6. The summed E-state index contributed by atoms with van der Waals surface area (Å²) in [4.78, 5) is 76.2. The zero-order valence-corrected chi connectivity index (χ0v) is 35.0. The molecule has 8 saturated carbocycles. The number of amides is 2. The van der Waals surface area contributed by atoms with E-state index in [4.69, 9.17) is 28.4 Å². The van der Waals surface area contributed by atoms with E-state index in [2.05, 4.69) is 51.5 Å². The first kappa shape index (κ1) is 43.5. The van der Waals surface area contributed by atoms with Gasteiger partial charge in [0.1, 0.15) is 37.6 Å². The van der Waals surface area contributed by atoms with Crippen LogP contribution in [0.2, 0.25) is 0 Å². The van der Waals surface area contributed by atoms with Crippen molar-refractivity contribution in [3.8, 4) is 0 Å². The van der Waals surface area contributed by atoms with E-state index < -0.39 is 46.2 Å². The number of carbonyl (C=O) groups is 6. The Morgan fingerprint density at radius 1 is 0.466 bits per heavy atom. The Hall–Kier alpha value is -4.10. The minimum Gasteiger partial charge on any atom is -0.462 e. The fourth-order valence-electron chi connectivity index (χ4n) is 14.2. The van der Waals surface area contributed by atoms with Gasteiger partial charge in [-0.2, -0.15) is 0 Å². The maximum absolute atomic E-state index is 13.5. The third-order valence-corrected chi connectivity index (χ3v) is 13.7. The van der Waals surface area contributed by atoms with Crippen molar-refractivity contribution in [1.82, 2.24) is 10.6 Å². The van der Waals surface area contributed by atoms with E-state index in [1.54, 1.807) is 0 Å². The lowest BCUT2D eigenvalue weighted by molar-refractivity contribution is -0.233. The number of hydrogen-bond donors (Lipinski definition) is 2. The minimum absolute atomic E-state index is 0.0386. The van der Waals surface area contributed by atoms with Crippen LogP contribution in [-0.2, 0) is 47.6 Å². The van der Waals surface area contributed by atoms with Crippen molar-refractivity contribution in [2.45, 2.75) is 142 Å². The van der Waals surface area contributed by atoms with Crippen LogP contribution in [0, 0.1) is 32.5 Å². The second kappa shape index (κ2) is 16.2. The van der Waals surface area contributed by atoms with E-state index in [9.17, 15) is 28.8 Å². The molecule has 8 bridgehead atoms. The number of hydrogen-bond acceptors (Lipinski definition) is 12. The van der Waals surface area contributed by atoms with Gasteiger partial charge in [-0.3, -0.25) is 9.59 Å². The molecule has 14 heteroatoms. The van der Waals surface area contributed by atoms with Gasteiger partial charge in [0.05, 0.1) is 10.8 Å². The normalized spacial score (nSPS) is 37.2. The molecule has 8 fully saturated rings. The molecule has 322 valence electrons. The molecule has 0 radical (unpaired) electrons. The standard InChI is InChI=1S/C44H64N2O12/c1-7-31(47)53-15-17-55-33(49)41-21-37(3)19-38(4,22-41)26-43(25-37,29-41)57-35(51)45-13-11-9-10-12-14-46-36(52)58-44-27-39(5)20-40(6,28-44)24-42(23-39,30-44)34(50)56-18-16-54-32(48)8-2/h7-8H,1-2,9-30H2,3-6H3,(H,45,51)(H,46,52). The van der Waals surface area contributed by atoms with Crippen LogP contribution >= 0.6 is 0 Å². The third-order valence-electron chi connectivity index (χ3n) is 13.7. The summed E-state index contributed by atoms with van der Waals surface area (Å²) in [5, 5.41) is 5.84. The van der Waals surface area contributed by atoms with Crippen molar-refractivity contribution in [2.24, 2.45) is 32.5 Å². The van der Waals surface area contributed by atoms with Crippen molar-refractivity contribution in [3.05, 3.63) is 25.3 Å². The first-order valence-electron chi connectivity index (χ1n) is 21.1. The zero-order chi connectivity index (χ0) is 42.1. The van der Waals surface area contributed by atoms with Gasteiger partial charge in [0.15, 0.2) is 0 Å². The number of esters is 4. The molecule has 0 spiro atoms. The fourth-order valence-corrected chi connectivity index (χ4v) is 14.2. The summed E-state index contributed by atoms with van der Waals surface area (Å²) >= 11 is 0. The van der Waals surface area contributed by atoms with Crippen LogP contribution < -0.4 is 10.6 Å². The molecule has 0 heterocycles. The predicted molar refractivity (Wildman–Crippen MR) is 210 cm³/mol. The summed E-state index contributed by atoms with van der Waals surface area (Å²) in [6.45, 7) is 16.2. The zero-order valence-electron chi connectivity index (χ0n) is 35.0. The third kappa shape index (κ3) is 9.51. The highest BCUT2D eigenvalue weighted by molar-refractivity contribution is 5.82. The van der Waals surface area contributed by atoms with Crippen LogP contribution in [0.1, 0.15) is 130 Å². The molecule has 8 rings (SSSR count). The number of ether oxygens (including phenoxy) is 6. The van der Waals surface area contributed by atoms with Gasteiger partial charge in [-0.15, -0.1) is 0 Å². The number of rotatable bonds is 19. The number of carbonyl (C=O) groups excluding carboxylic acids is 6. The van der Waals surface area contributed by atoms with E-state index in [0.29, 0.717) is 77.3 Å². The molecule has 58 heavy (non-hydrogen) atoms. The van der Waals surface area contributed by atoms with Gasteiger partial charge >= 0.3 is 36.1 Å². The molecule has 4 unspecified atom stereocenters. The van der Waals surface area contributed by atoms with Crippen LogP contribution in [0.3, 0.4) is 0 Å². The second-order valence-electron chi connectivity index (χ2n) is 20.4. The minimum atomic E-state index is -0.755. The quantitative estimate of drug-likeness (QED) is 0.0605. The number of unbranched alkanes of at least 4 members (excludes halogenated alkanes) is 3. The van der Waals surface area contributed by atoms with Crippen LogP contribution in [0.5, 0.6) is 0 Å². The topological polar surface area (TPSA) is 182 Å². The molecule has 0 aromatic rings. The molecule has 2 N–H and O–H groups in total. The lowest BCUT2D eigenvalue weighted by Gasteiger charge is -2.67. The van der Waals surface area contributed by atoms with Gasteiger partial charge in [-0.1, -0.05) is 53.7 Å². The molecule has 8 aliphatic carbocycles. The van der Waals surface area contributed by atoms with Crippen LogP contribution in [0.25, 0.3) is 0 Å². The van der Waals surface area contributed by atoms with E-state index in [1.807, 2.05) is 0 Å². The highest BCUT2D eigenvalue weighted by Crippen LogP contribution is 2.73. The highest BCUT2D eigenvalue weighted by atomic mass is 16.6. The van der Waals surface area contributed by atoms with E-state index in [0.717, 1.165) is 50.7 Å². The van der Waals surface area contributed by atoms with Gasteiger partial charge in [-0.25, -0.2) is 19.2 Å². The molecular formula is C44H64N2O12. The van der Waals surface area contributed by atoms with Crippen LogP contribution in [-0.4, -0.2) is 86.8 Å². The molecule has 0 saturated heterocycles. The first-order valence-corrected chi connectivity index (χ1v) is 21.1. The Kier molecular flexibility index (Phi) is 12.1. The Bertz CT molecular complexity index is 1520. The largest absolute Gasteiger partial charge is 0.462 e. The SMILES string of the molecule is C=CC(=O)OCCOC(=O)C12CC3(C)CC(C)(CC(OC(=O)NCCCCCCNC(=O)OC45CC6(C)CC(C)(C4)CC(C(=O)OCCOC(=O)C=C)(C6)C5)(C3)C1)C2. The van der Waals surface area contributed by atoms with Gasteiger partial charge in [0.2, 0.25) is 0 Å². The average Bonchev–Trinajstić information content (AvgIpc) is 3.09. The fraction of sp³-hybridized carbons (Fsp3) is 0.773. The second-order valence-corrected chi connectivity index (χ2v) is 20.4. The maximum Gasteiger partial charge on any atom is 0.407 e. The smallest absolute Gasteiger partial charge is 0.407 e. The van der Waals surface area contributed by atoms with E-state index in [1.165, 1.54) is 0 Å². The molecule has 0 aliphatic heterocycles.